The van der Waals surface area contributed by atoms with Crippen LogP contribution in [0, 0.1) is 5.82 Å². The van der Waals surface area contributed by atoms with E-state index in [2.05, 4.69) is 10.6 Å². The van der Waals surface area contributed by atoms with Crippen molar-refractivity contribution in [1.82, 2.24) is 10.6 Å². The lowest BCUT2D eigenvalue weighted by Gasteiger charge is -2.17. The van der Waals surface area contributed by atoms with Crippen LogP contribution in [0.2, 0.25) is 0 Å². The van der Waals surface area contributed by atoms with Crippen LogP contribution >= 0.6 is 0 Å². The largest absolute Gasteiger partial charge is 0.481 e. The van der Waals surface area contributed by atoms with Crippen molar-refractivity contribution in [1.29, 1.82) is 0 Å². The Hall–Kier alpha value is -2.15. The van der Waals surface area contributed by atoms with E-state index in [0.717, 1.165) is 0 Å². The number of carboxylic acid groups (broad SMARTS) is 1. The number of urea groups is 1. The van der Waals surface area contributed by atoms with Gasteiger partial charge < -0.3 is 20.8 Å². The smallest absolute Gasteiger partial charge is 0.315 e. The van der Waals surface area contributed by atoms with Crippen LogP contribution in [0.25, 0.3) is 0 Å². The van der Waals surface area contributed by atoms with Crippen LogP contribution in [0.5, 0.6) is 0 Å². The zero-order valence-electron chi connectivity index (χ0n) is 10.1. The van der Waals surface area contributed by atoms with Crippen LogP contribution in [-0.2, 0) is 4.79 Å². The number of halogens is 1. The fourth-order valence-electron chi connectivity index (χ4n) is 1.42. The molecular formula is C12H15FN2O4. The van der Waals surface area contributed by atoms with Gasteiger partial charge in [-0.2, -0.15) is 0 Å². The quantitative estimate of drug-likeness (QED) is 0.609. The first-order valence-corrected chi connectivity index (χ1v) is 5.65. The third-order valence-electron chi connectivity index (χ3n) is 2.38. The monoisotopic (exact) mass is 270 g/mol. The first-order valence-electron chi connectivity index (χ1n) is 5.65. The molecule has 0 aliphatic rings. The molecule has 0 saturated carbocycles. The Morgan fingerprint density at radius 1 is 1.26 bits per heavy atom. The van der Waals surface area contributed by atoms with E-state index < -0.39 is 23.9 Å². The molecule has 0 aliphatic heterocycles. The topological polar surface area (TPSA) is 98.7 Å². The Balaban J connectivity index is 2.50. The Kier molecular flexibility index (Phi) is 5.74. The Morgan fingerprint density at radius 3 is 2.42 bits per heavy atom. The van der Waals surface area contributed by atoms with Crippen LogP contribution < -0.4 is 10.6 Å². The molecule has 0 fully saturated rings. The molecule has 6 nitrogen and oxygen atoms in total. The molecule has 0 radical (unpaired) electrons. The summed E-state index contributed by atoms with van der Waals surface area (Å²) in [6.45, 7) is -0.360. The van der Waals surface area contributed by atoms with Crippen molar-refractivity contribution < 1.29 is 24.2 Å². The van der Waals surface area contributed by atoms with E-state index in [1.165, 1.54) is 24.3 Å². The van der Waals surface area contributed by atoms with Crippen LogP contribution in [-0.4, -0.2) is 35.4 Å². The lowest BCUT2D eigenvalue weighted by molar-refractivity contribution is -0.136. The Bertz CT molecular complexity index is 436. The van der Waals surface area contributed by atoms with Crippen LogP contribution in [0.3, 0.4) is 0 Å². The second-order valence-corrected chi connectivity index (χ2v) is 3.83. The molecule has 19 heavy (non-hydrogen) atoms. The molecule has 0 heterocycles. The summed E-state index contributed by atoms with van der Waals surface area (Å²) in [5, 5.41) is 22.4. The van der Waals surface area contributed by atoms with Gasteiger partial charge in [0, 0.05) is 6.54 Å². The number of carboxylic acids is 1. The number of carbonyl (C=O) groups is 2. The van der Waals surface area contributed by atoms with Gasteiger partial charge in [0.1, 0.15) is 5.82 Å². The first-order chi connectivity index (χ1) is 9.02. The minimum Gasteiger partial charge on any atom is -0.481 e. The average Bonchev–Trinajstić information content (AvgIpc) is 2.36. The molecule has 104 valence electrons. The summed E-state index contributed by atoms with van der Waals surface area (Å²) in [5.41, 5.74) is 0.553. The maximum absolute atomic E-state index is 12.7. The fraction of sp³-hybridized carbons (Fsp3) is 0.333. The van der Waals surface area contributed by atoms with E-state index in [1.807, 2.05) is 0 Å². The highest BCUT2D eigenvalue weighted by molar-refractivity contribution is 5.75. The van der Waals surface area contributed by atoms with Crippen molar-refractivity contribution in [2.24, 2.45) is 0 Å². The molecule has 1 aromatic rings. The molecule has 0 aromatic heterocycles. The van der Waals surface area contributed by atoms with Crippen molar-refractivity contribution >= 4 is 12.0 Å². The van der Waals surface area contributed by atoms with E-state index in [0.29, 0.717) is 5.56 Å². The highest BCUT2D eigenvalue weighted by Gasteiger charge is 2.13. The summed E-state index contributed by atoms with van der Waals surface area (Å²) in [4.78, 5) is 21.7. The standard InChI is InChI=1S/C12H15FN2O4/c13-9-3-1-8(2-4-9)10(7-16)15-12(19)14-6-5-11(17)18/h1-4,10,16H,5-7H2,(H,17,18)(H2,14,15,19). The Morgan fingerprint density at radius 2 is 1.89 bits per heavy atom. The number of carbonyl (C=O) groups excluding carboxylic acids is 1. The molecule has 0 saturated heterocycles. The predicted molar refractivity (Wildman–Crippen MR) is 65.0 cm³/mol. The third kappa shape index (κ3) is 5.35. The maximum Gasteiger partial charge on any atom is 0.315 e. The van der Waals surface area contributed by atoms with E-state index in [-0.39, 0.29) is 19.6 Å². The molecule has 7 heteroatoms. The number of aliphatic hydroxyl groups excluding tert-OH is 1. The minimum absolute atomic E-state index is 0.0112. The van der Waals surface area contributed by atoms with Gasteiger partial charge in [0.05, 0.1) is 19.1 Å². The van der Waals surface area contributed by atoms with Gasteiger partial charge in [-0.15, -0.1) is 0 Å². The van der Waals surface area contributed by atoms with Gasteiger partial charge >= 0.3 is 12.0 Å². The number of benzene rings is 1. The highest BCUT2D eigenvalue weighted by atomic mass is 19.1. The first kappa shape index (κ1) is 14.9. The molecule has 0 bridgehead atoms. The zero-order valence-corrected chi connectivity index (χ0v) is 10.1. The van der Waals surface area contributed by atoms with Crippen molar-refractivity contribution in [3.63, 3.8) is 0 Å². The summed E-state index contributed by atoms with van der Waals surface area (Å²) < 4.78 is 12.7. The van der Waals surface area contributed by atoms with E-state index in [1.54, 1.807) is 0 Å². The van der Waals surface area contributed by atoms with Gasteiger partial charge in [-0.05, 0) is 17.7 Å². The molecule has 1 unspecified atom stereocenters. The van der Waals surface area contributed by atoms with Gasteiger partial charge in [0.2, 0.25) is 0 Å². The molecule has 0 spiro atoms. The van der Waals surface area contributed by atoms with Crippen molar-refractivity contribution in [2.75, 3.05) is 13.2 Å². The summed E-state index contributed by atoms with van der Waals surface area (Å²) in [6, 6.07) is 4.08. The number of nitrogens with one attached hydrogen (secondary N) is 2. The van der Waals surface area contributed by atoms with Crippen molar-refractivity contribution in [3.8, 4) is 0 Å². The Labute approximate surface area is 109 Å². The van der Waals surface area contributed by atoms with Gasteiger partial charge in [0.25, 0.3) is 0 Å². The molecule has 1 atom stereocenters. The van der Waals surface area contributed by atoms with Crippen molar-refractivity contribution in [3.05, 3.63) is 35.6 Å². The predicted octanol–water partition coefficient (Wildman–Crippen LogP) is 0.633. The number of hydrogen-bond acceptors (Lipinski definition) is 3. The van der Waals surface area contributed by atoms with E-state index in [4.69, 9.17) is 5.11 Å². The lowest BCUT2D eigenvalue weighted by atomic mass is 10.1. The summed E-state index contributed by atoms with van der Waals surface area (Å²) in [5.74, 6) is -1.43. The lowest BCUT2D eigenvalue weighted by Crippen LogP contribution is -2.40. The highest BCUT2D eigenvalue weighted by Crippen LogP contribution is 2.12. The number of aliphatic carboxylic acids is 1. The third-order valence-corrected chi connectivity index (χ3v) is 2.38. The summed E-state index contributed by atoms with van der Waals surface area (Å²) >= 11 is 0. The number of amides is 2. The van der Waals surface area contributed by atoms with Crippen molar-refractivity contribution in [2.45, 2.75) is 12.5 Å². The second-order valence-electron chi connectivity index (χ2n) is 3.83. The number of rotatable bonds is 6. The van der Waals surface area contributed by atoms with Crippen LogP contribution in [0.15, 0.2) is 24.3 Å². The number of hydrogen-bond donors (Lipinski definition) is 4. The van der Waals surface area contributed by atoms with Gasteiger partial charge in [-0.3, -0.25) is 4.79 Å². The van der Waals surface area contributed by atoms with Gasteiger partial charge in [0.15, 0.2) is 0 Å². The summed E-state index contributed by atoms with van der Waals surface area (Å²) in [7, 11) is 0. The molecule has 0 aliphatic carbocycles. The van der Waals surface area contributed by atoms with Crippen LogP contribution in [0.1, 0.15) is 18.0 Å². The maximum atomic E-state index is 12.7. The number of aliphatic hydroxyl groups is 1. The minimum atomic E-state index is -1.02. The second kappa shape index (κ2) is 7.32. The molecule has 4 N–H and O–H groups in total. The van der Waals surface area contributed by atoms with E-state index >= 15 is 0 Å². The summed E-state index contributed by atoms with van der Waals surface area (Å²) in [6.07, 6.45) is -0.187. The van der Waals surface area contributed by atoms with E-state index in [9.17, 15) is 19.1 Å². The average molecular weight is 270 g/mol. The molecular weight excluding hydrogens is 255 g/mol. The SMILES string of the molecule is O=C(O)CCNC(=O)NC(CO)c1ccc(F)cc1. The normalized spacial score (nSPS) is 11.7. The van der Waals surface area contributed by atoms with Gasteiger partial charge in [-0.1, -0.05) is 12.1 Å². The van der Waals surface area contributed by atoms with Crippen LogP contribution in [0.4, 0.5) is 9.18 Å². The molecule has 2 amide bonds. The van der Waals surface area contributed by atoms with Gasteiger partial charge in [-0.25, -0.2) is 9.18 Å². The molecule has 1 rings (SSSR count). The fourth-order valence-corrected chi connectivity index (χ4v) is 1.42. The zero-order chi connectivity index (χ0) is 14.3. The molecule has 1 aromatic carbocycles.